The normalized spacial score (nSPS) is 14.3. The third-order valence-corrected chi connectivity index (χ3v) is 2.96. The standard InChI is InChI=1S/C14H23N3O/c1-10(2)7-13(8-15)17-14(18)11(3)12-5-4-6-16-9-12/h4-6,9-11,13H,7-8,15H2,1-3H3,(H,17,18). The number of hydrogen-bond donors (Lipinski definition) is 2. The lowest BCUT2D eigenvalue weighted by Gasteiger charge is -2.21. The topological polar surface area (TPSA) is 68.0 Å². The Morgan fingerprint density at radius 3 is 2.67 bits per heavy atom. The zero-order valence-corrected chi connectivity index (χ0v) is 11.4. The molecule has 3 N–H and O–H groups in total. The molecule has 0 bridgehead atoms. The molecule has 1 aromatic heterocycles. The first-order valence-corrected chi connectivity index (χ1v) is 6.45. The van der Waals surface area contributed by atoms with E-state index in [9.17, 15) is 4.79 Å². The van der Waals surface area contributed by atoms with Crippen molar-refractivity contribution in [2.45, 2.75) is 39.2 Å². The Bertz CT molecular complexity index is 365. The number of pyridine rings is 1. The van der Waals surface area contributed by atoms with Crippen LogP contribution in [0.4, 0.5) is 0 Å². The first-order valence-electron chi connectivity index (χ1n) is 6.45. The van der Waals surface area contributed by atoms with Crippen molar-refractivity contribution in [3.63, 3.8) is 0 Å². The number of carbonyl (C=O) groups excluding carboxylic acids is 1. The molecule has 1 rings (SSSR count). The van der Waals surface area contributed by atoms with Gasteiger partial charge < -0.3 is 11.1 Å². The van der Waals surface area contributed by atoms with Crippen LogP contribution in [0.5, 0.6) is 0 Å². The summed E-state index contributed by atoms with van der Waals surface area (Å²) in [5.74, 6) is 0.339. The summed E-state index contributed by atoms with van der Waals surface area (Å²) in [6.45, 7) is 6.61. The summed E-state index contributed by atoms with van der Waals surface area (Å²) in [7, 11) is 0. The van der Waals surface area contributed by atoms with Crippen molar-refractivity contribution in [3.05, 3.63) is 30.1 Å². The van der Waals surface area contributed by atoms with E-state index >= 15 is 0 Å². The molecule has 18 heavy (non-hydrogen) atoms. The number of aromatic nitrogens is 1. The number of amides is 1. The molecule has 2 unspecified atom stereocenters. The van der Waals surface area contributed by atoms with E-state index in [1.807, 2.05) is 19.1 Å². The number of nitrogens with one attached hydrogen (secondary N) is 1. The van der Waals surface area contributed by atoms with Gasteiger partial charge in [0.25, 0.3) is 0 Å². The van der Waals surface area contributed by atoms with Crippen LogP contribution in [-0.4, -0.2) is 23.5 Å². The van der Waals surface area contributed by atoms with E-state index in [-0.39, 0.29) is 17.9 Å². The quantitative estimate of drug-likeness (QED) is 0.806. The molecule has 0 aromatic carbocycles. The SMILES string of the molecule is CC(C)CC(CN)NC(=O)C(C)c1cccnc1. The van der Waals surface area contributed by atoms with Gasteiger partial charge in [-0.05, 0) is 30.9 Å². The lowest BCUT2D eigenvalue weighted by Crippen LogP contribution is -2.42. The summed E-state index contributed by atoms with van der Waals surface area (Å²) in [4.78, 5) is 16.1. The summed E-state index contributed by atoms with van der Waals surface area (Å²) in [5.41, 5.74) is 6.61. The molecule has 1 amide bonds. The van der Waals surface area contributed by atoms with Crippen LogP contribution in [0.25, 0.3) is 0 Å². The van der Waals surface area contributed by atoms with E-state index < -0.39 is 0 Å². The zero-order valence-electron chi connectivity index (χ0n) is 11.4. The number of nitrogens with zero attached hydrogens (tertiary/aromatic N) is 1. The maximum atomic E-state index is 12.1. The fourth-order valence-electron chi connectivity index (χ4n) is 1.89. The van der Waals surface area contributed by atoms with E-state index in [4.69, 9.17) is 5.73 Å². The van der Waals surface area contributed by atoms with Crippen molar-refractivity contribution in [1.29, 1.82) is 0 Å². The van der Waals surface area contributed by atoms with Crippen LogP contribution >= 0.6 is 0 Å². The number of carbonyl (C=O) groups is 1. The van der Waals surface area contributed by atoms with Crippen molar-refractivity contribution in [1.82, 2.24) is 10.3 Å². The van der Waals surface area contributed by atoms with Crippen molar-refractivity contribution < 1.29 is 4.79 Å². The number of hydrogen-bond acceptors (Lipinski definition) is 3. The third-order valence-electron chi connectivity index (χ3n) is 2.96. The Balaban J connectivity index is 2.59. The predicted molar refractivity (Wildman–Crippen MR) is 73.1 cm³/mol. The second-order valence-corrected chi connectivity index (χ2v) is 5.08. The van der Waals surface area contributed by atoms with Crippen LogP contribution < -0.4 is 11.1 Å². The van der Waals surface area contributed by atoms with Crippen LogP contribution in [0.1, 0.15) is 38.7 Å². The Hall–Kier alpha value is -1.42. The van der Waals surface area contributed by atoms with Gasteiger partial charge in [0.15, 0.2) is 0 Å². The highest BCUT2D eigenvalue weighted by Gasteiger charge is 2.19. The van der Waals surface area contributed by atoms with Gasteiger partial charge in [0.2, 0.25) is 5.91 Å². The minimum atomic E-state index is -0.195. The van der Waals surface area contributed by atoms with Crippen molar-refractivity contribution in [2.24, 2.45) is 11.7 Å². The van der Waals surface area contributed by atoms with Crippen molar-refractivity contribution in [3.8, 4) is 0 Å². The van der Waals surface area contributed by atoms with Crippen LogP contribution in [0.15, 0.2) is 24.5 Å². The van der Waals surface area contributed by atoms with E-state index in [0.717, 1.165) is 12.0 Å². The molecular weight excluding hydrogens is 226 g/mol. The smallest absolute Gasteiger partial charge is 0.227 e. The molecular formula is C14H23N3O. The second kappa shape index (κ2) is 7.11. The highest BCUT2D eigenvalue weighted by atomic mass is 16.1. The van der Waals surface area contributed by atoms with Gasteiger partial charge in [-0.2, -0.15) is 0 Å². The molecule has 0 spiro atoms. The summed E-state index contributed by atoms with van der Waals surface area (Å²) in [5, 5.41) is 3.00. The Morgan fingerprint density at radius 1 is 1.44 bits per heavy atom. The Labute approximate surface area is 109 Å². The number of rotatable bonds is 6. The molecule has 0 aliphatic heterocycles. The Morgan fingerprint density at radius 2 is 2.17 bits per heavy atom. The van der Waals surface area contributed by atoms with E-state index in [1.54, 1.807) is 12.4 Å². The monoisotopic (exact) mass is 249 g/mol. The Kier molecular flexibility index (Phi) is 5.78. The summed E-state index contributed by atoms with van der Waals surface area (Å²) >= 11 is 0. The lowest BCUT2D eigenvalue weighted by molar-refractivity contribution is -0.122. The van der Waals surface area contributed by atoms with Crippen LogP contribution in [-0.2, 0) is 4.79 Å². The molecule has 4 nitrogen and oxygen atoms in total. The first kappa shape index (κ1) is 14.6. The van der Waals surface area contributed by atoms with Gasteiger partial charge >= 0.3 is 0 Å². The molecule has 4 heteroatoms. The first-order chi connectivity index (χ1) is 8.54. The molecule has 2 atom stereocenters. The second-order valence-electron chi connectivity index (χ2n) is 5.08. The average molecular weight is 249 g/mol. The molecule has 1 aromatic rings. The predicted octanol–water partition coefficient (Wildman–Crippen LogP) is 1.67. The van der Waals surface area contributed by atoms with Crippen LogP contribution in [0.3, 0.4) is 0 Å². The highest BCUT2D eigenvalue weighted by molar-refractivity contribution is 5.83. The van der Waals surface area contributed by atoms with Gasteiger partial charge in [-0.15, -0.1) is 0 Å². The maximum absolute atomic E-state index is 12.1. The minimum Gasteiger partial charge on any atom is -0.352 e. The average Bonchev–Trinajstić information content (AvgIpc) is 2.37. The molecule has 0 saturated carbocycles. The van der Waals surface area contributed by atoms with Gasteiger partial charge in [0.05, 0.1) is 5.92 Å². The van der Waals surface area contributed by atoms with Gasteiger partial charge in [0.1, 0.15) is 0 Å². The molecule has 0 radical (unpaired) electrons. The van der Waals surface area contributed by atoms with Gasteiger partial charge in [-0.25, -0.2) is 0 Å². The zero-order chi connectivity index (χ0) is 13.5. The summed E-state index contributed by atoms with van der Waals surface area (Å²) in [6, 6.07) is 3.81. The number of nitrogens with two attached hydrogens (primary N) is 1. The molecule has 1 heterocycles. The van der Waals surface area contributed by atoms with Gasteiger partial charge in [0, 0.05) is 25.0 Å². The van der Waals surface area contributed by atoms with Crippen molar-refractivity contribution in [2.75, 3.05) is 6.54 Å². The van der Waals surface area contributed by atoms with Gasteiger partial charge in [-0.1, -0.05) is 19.9 Å². The summed E-state index contributed by atoms with van der Waals surface area (Å²) < 4.78 is 0. The van der Waals surface area contributed by atoms with Crippen molar-refractivity contribution >= 4 is 5.91 Å². The minimum absolute atomic E-state index is 0.0131. The summed E-state index contributed by atoms with van der Waals surface area (Å²) in [6.07, 6.45) is 4.34. The maximum Gasteiger partial charge on any atom is 0.227 e. The largest absolute Gasteiger partial charge is 0.352 e. The fraction of sp³-hybridized carbons (Fsp3) is 0.571. The van der Waals surface area contributed by atoms with Crippen LogP contribution in [0, 0.1) is 5.92 Å². The lowest BCUT2D eigenvalue weighted by atomic mass is 10.00. The highest BCUT2D eigenvalue weighted by Crippen LogP contribution is 2.14. The van der Waals surface area contributed by atoms with Gasteiger partial charge in [-0.3, -0.25) is 9.78 Å². The molecule has 100 valence electrons. The molecule has 0 aliphatic rings. The van der Waals surface area contributed by atoms with Crippen LogP contribution in [0.2, 0.25) is 0 Å². The molecule has 0 fully saturated rings. The molecule has 0 aliphatic carbocycles. The third kappa shape index (κ3) is 4.45. The van der Waals surface area contributed by atoms with E-state index in [2.05, 4.69) is 24.1 Å². The fourth-order valence-corrected chi connectivity index (χ4v) is 1.89. The van der Waals surface area contributed by atoms with E-state index in [0.29, 0.717) is 12.5 Å². The van der Waals surface area contributed by atoms with E-state index in [1.165, 1.54) is 0 Å². The molecule has 0 saturated heterocycles.